The second-order valence-electron chi connectivity index (χ2n) is 6.98. The third-order valence-corrected chi connectivity index (χ3v) is 6.13. The number of carboxylic acid groups (broad SMARTS) is 1. The molecule has 2 atom stereocenters. The van der Waals surface area contributed by atoms with E-state index in [0.717, 1.165) is 18.2 Å². The Morgan fingerprint density at radius 1 is 1.37 bits per heavy atom. The fraction of sp³-hybridized carbons (Fsp3) is 0.412. The predicted octanol–water partition coefficient (Wildman–Crippen LogP) is -1.11. The van der Waals surface area contributed by atoms with Crippen molar-refractivity contribution in [1.82, 2.24) is 19.9 Å². The molecule has 11 nitrogen and oxygen atoms in total. The van der Waals surface area contributed by atoms with Crippen LogP contribution in [0.5, 0.6) is 5.75 Å². The third kappa shape index (κ3) is 4.93. The number of benzene rings is 1. The molecule has 1 aliphatic heterocycles. The average molecular weight is 435 g/mol. The topological polar surface area (TPSA) is 175 Å². The van der Waals surface area contributed by atoms with Crippen molar-refractivity contribution >= 4 is 30.8 Å². The molecule has 13 heteroatoms. The van der Waals surface area contributed by atoms with E-state index in [4.69, 9.17) is 5.73 Å². The normalized spacial score (nSPS) is 17.2. The van der Waals surface area contributed by atoms with Gasteiger partial charge in [-0.15, -0.1) is 5.10 Å². The summed E-state index contributed by atoms with van der Waals surface area (Å²) in [6.07, 6.45) is 3.48. The highest BCUT2D eigenvalue weighted by atomic mass is 32.2. The first kappa shape index (κ1) is 22.1. The number of carbonyl (C=O) groups is 2. The zero-order valence-electron chi connectivity index (χ0n) is 16.0. The minimum atomic E-state index is -1.77. The van der Waals surface area contributed by atoms with Gasteiger partial charge in [-0.1, -0.05) is 11.3 Å². The van der Waals surface area contributed by atoms with Crippen molar-refractivity contribution in [1.29, 1.82) is 0 Å². The summed E-state index contributed by atoms with van der Waals surface area (Å²) in [4.78, 5) is 25.6. The Labute approximate surface area is 176 Å². The summed E-state index contributed by atoms with van der Waals surface area (Å²) < 4.78 is 1.21. The minimum Gasteiger partial charge on any atom is -0.507 e. The molecular weight excluding hydrogens is 413 g/mol. The summed E-state index contributed by atoms with van der Waals surface area (Å²) in [6, 6.07) is 2.89. The molecule has 1 amide bonds. The molecule has 0 spiro atoms. The van der Waals surface area contributed by atoms with Crippen LogP contribution >= 0.6 is 11.8 Å². The zero-order valence-corrected chi connectivity index (χ0v) is 16.8. The number of aromatic carboxylic acids is 1. The van der Waals surface area contributed by atoms with Gasteiger partial charge in [0.05, 0.1) is 23.8 Å². The van der Waals surface area contributed by atoms with E-state index in [2.05, 4.69) is 10.3 Å². The van der Waals surface area contributed by atoms with Crippen LogP contribution < -0.4 is 5.73 Å². The predicted molar refractivity (Wildman–Crippen MR) is 109 cm³/mol. The van der Waals surface area contributed by atoms with Gasteiger partial charge in [-0.2, -0.15) is 11.8 Å². The van der Waals surface area contributed by atoms with Crippen LogP contribution in [0, 0.1) is 0 Å². The van der Waals surface area contributed by atoms with Crippen LogP contribution in [0.1, 0.15) is 22.3 Å². The number of amides is 1. The molecule has 160 valence electrons. The number of hydrogen-bond acceptors (Lipinski definition) is 9. The molecule has 2 heterocycles. The van der Waals surface area contributed by atoms with Crippen molar-refractivity contribution in [2.75, 3.05) is 18.8 Å². The number of rotatable bonds is 8. The molecule has 3 rings (SSSR count). The molecule has 0 aliphatic carbocycles. The number of likely N-dealkylation sites (tertiary alicyclic amines) is 1. The molecule has 1 unspecified atom stereocenters. The lowest BCUT2D eigenvalue weighted by molar-refractivity contribution is -0.127. The Balaban J connectivity index is 1.76. The van der Waals surface area contributed by atoms with E-state index >= 15 is 0 Å². The van der Waals surface area contributed by atoms with Crippen molar-refractivity contribution in [3.63, 3.8) is 0 Å². The standard InChI is InChI=1S/C17H22BN5O6S/c19-11-3-5-22(8-11)14(24)9-30-13(18(28)29)7-10-1-2-12(23-6-4-20-21-23)15(16(10)25)17(26)27/h1-2,4,6,11,13,25,28-29H,3,5,7-9,19H2,(H,26,27)/t11?,13-/m0/s1. The fourth-order valence-electron chi connectivity index (χ4n) is 3.28. The fourth-order valence-corrected chi connectivity index (χ4v) is 4.29. The zero-order chi connectivity index (χ0) is 21.8. The highest BCUT2D eigenvalue weighted by Gasteiger charge is 2.30. The van der Waals surface area contributed by atoms with Gasteiger partial charge < -0.3 is 30.9 Å². The highest BCUT2D eigenvalue weighted by molar-refractivity contribution is 8.01. The van der Waals surface area contributed by atoms with Crippen LogP contribution in [0.4, 0.5) is 0 Å². The molecular formula is C17H22BN5O6S. The smallest absolute Gasteiger partial charge is 0.465 e. The van der Waals surface area contributed by atoms with E-state index in [1.807, 2.05) is 0 Å². The number of phenols is 1. The van der Waals surface area contributed by atoms with Crippen molar-refractivity contribution in [3.05, 3.63) is 35.7 Å². The minimum absolute atomic E-state index is 0.0125. The quantitative estimate of drug-likeness (QED) is 0.320. The Morgan fingerprint density at radius 3 is 2.70 bits per heavy atom. The van der Waals surface area contributed by atoms with Crippen LogP contribution in [0.2, 0.25) is 0 Å². The molecule has 1 fully saturated rings. The molecule has 6 N–H and O–H groups in total. The molecule has 2 aromatic rings. The third-order valence-electron chi connectivity index (χ3n) is 4.87. The van der Waals surface area contributed by atoms with Gasteiger partial charge in [0.15, 0.2) is 0 Å². The van der Waals surface area contributed by atoms with Crippen LogP contribution in [-0.2, 0) is 11.2 Å². The summed E-state index contributed by atoms with van der Waals surface area (Å²) in [5.41, 5.74) is 5.75. The monoisotopic (exact) mass is 435 g/mol. The molecule has 0 radical (unpaired) electrons. The maximum absolute atomic E-state index is 12.3. The van der Waals surface area contributed by atoms with E-state index in [1.54, 1.807) is 4.90 Å². The highest BCUT2D eigenvalue weighted by Crippen LogP contribution is 2.31. The Kier molecular flexibility index (Phi) is 6.97. The van der Waals surface area contributed by atoms with E-state index in [9.17, 15) is 29.9 Å². The lowest BCUT2D eigenvalue weighted by atomic mass is 9.81. The van der Waals surface area contributed by atoms with Gasteiger partial charge in [-0.3, -0.25) is 4.79 Å². The van der Waals surface area contributed by atoms with Gasteiger partial charge in [-0.25, -0.2) is 9.48 Å². The van der Waals surface area contributed by atoms with Crippen molar-refractivity contribution in [3.8, 4) is 11.4 Å². The second-order valence-corrected chi connectivity index (χ2v) is 8.20. The number of nitrogens with zero attached hydrogens (tertiary/aromatic N) is 4. The number of aromatic hydroxyl groups is 1. The number of carbonyl (C=O) groups excluding carboxylic acids is 1. The number of carboxylic acids is 1. The first-order chi connectivity index (χ1) is 14.3. The van der Waals surface area contributed by atoms with Crippen molar-refractivity contribution in [2.45, 2.75) is 24.0 Å². The van der Waals surface area contributed by atoms with Gasteiger partial charge >= 0.3 is 13.1 Å². The largest absolute Gasteiger partial charge is 0.507 e. The summed E-state index contributed by atoms with van der Waals surface area (Å²) in [5, 5.41) is 46.1. The summed E-state index contributed by atoms with van der Waals surface area (Å²) in [6.45, 7) is 1.04. The second kappa shape index (κ2) is 9.47. The Hall–Kier alpha value is -2.61. The van der Waals surface area contributed by atoms with Gasteiger partial charge in [0.2, 0.25) is 5.91 Å². The number of hydrogen-bond donors (Lipinski definition) is 5. The lowest BCUT2D eigenvalue weighted by Crippen LogP contribution is -2.36. The first-order valence-electron chi connectivity index (χ1n) is 9.23. The summed E-state index contributed by atoms with van der Waals surface area (Å²) in [5.74, 6) is -2.01. The van der Waals surface area contributed by atoms with Crippen LogP contribution in [-0.4, -0.2) is 89.2 Å². The molecule has 0 bridgehead atoms. The lowest BCUT2D eigenvalue weighted by Gasteiger charge is -2.20. The van der Waals surface area contributed by atoms with Crippen LogP contribution in [0.15, 0.2) is 24.5 Å². The molecule has 1 saturated heterocycles. The van der Waals surface area contributed by atoms with Gasteiger partial charge in [0.25, 0.3) is 0 Å². The van der Waals surface area contributed by atoms with E-state index in [-0.39, 0.29) is 40.9 Å². The number of nitrogens with two attached hydrogens (primary N) is 1. The van der Waals surface area contributed by atoms with Gasteiger partial charge in [0.1, 0.15) is 11.3 Å². The van der Waals surface area contributed by atoms with Crippen LogP contribution in [0.25, 0.3) is 5.69 Å². The van der Waals surface area contributed by atoms with E-state index < -0.39 is 24.0 Å². The number of thioether (sulfide) groups is 1. The van der Waals surface area contributed by atoms with E-state index in [0.29, 0.717) is 13.1 Å². The maximum atomic E-state index is 12.3. The molecule has 1 aromatic carbocycles. The van der Waals surface area contributed by atoms with Crippen molar-refractivity contribution < 1.29 is 29.9 Å². The molecule has 1 aromatic heterocycles. The van der Waals surface area contributed by atoms with E-state index in [1.165, 1.54) is 29.2 Å². The summed E-state index contributed by atoms with van der Waals surface area (Å²) >= 11 is 1.03. The number of aromatic nitrogens is 3. The average Bonchev–Trinajstić information content (AvgIpc) is 3.37. The molecule has 1 aliphatic rings. The van der Waals surface area contributed by atoms with Crippen LogP contribution in [0.3, 0.4) is 0 Å². The van der Waals surface area contributed by atoms with Gasteiger partial charge in [-0.05, 0) is 24.5 Å². The summed E-state index contributed by atoms with van der Waals surface area (Å²) in [7, 11) is -1.77. The molecule has 0 saturated carbocycles. The SMILES string of the molecule is NC1CCN(C(=O)CS[C@@H](Cc2ccc(-n3ccnn3)c(C(=O)O)c2O)B(O)O)C1. The maximum Gasteiger partial charge on any atom is 0.465 e. The van der Waals surface area contributed by atoms with Gasteiger partial charge in [0, 0.05) is 24.3 Å². The van der Waals surface area contributed by atoms with Crippen molar-refractivity contribution in [2.24, 2.45) is 5.73 Å². The molecule has 30 heavy (non-hydrogen) atoms. The first-order valence-corrected chi connectivity index (χ1v) is 10.3. The Morgan fingerprint density at radius 2 is 2.13 bits per heavy atom. The Bertz CT molecular complexity index is 912.